The van der Waals surface area contributed by atoms with Crippen LogP contribution in [0.1, 0.15) is 29.0 Å². The highest BCUT2D eigenvalue weighted by atomic mass is 16.4. The monoisotopic (exact) mass is 231 g/mol. The second-order valence-corrected chi connectivity index (χ2v) is 4.36. The number of para-hydroxylation sites is 1. The molecule has 0 amide bonds. The molecule has 0 radical (unpaired) electrons. The van der Waals surface area contributed by atoms with Crippen LogP contribution in [-0.2, 0) is 6.54 Å². The van der Waals surface area contributed by atoms with Crippen LogP contribution < -0.4 is 5.32 Å². The fourth-order valence-corrected chi connectivity index (χ4v) is 1.98. The number of nitrogens with one attached hydrogen (secondary N) is 1. The first-order valence-electron chi connectivity index (χ1n) is 5.73. The number of furan rings is 1. The third-order valence-electron chi connectivity index (χ3n) is 3.01. The summed E-state index contributed by atoms with van der Waals surface area (Å²) in [5.74, 6) is -0.409. The number of benzene rings is 1. The van der Waals surface area contributed by atoms with E-state index in [4.69, 9.17) is 4.42 Å². The normalized spacial score (nSPS) is 15.3. The van der Waals surface area contributed by atoms with Crippen LogP contribution >= 0.6 is 0 Å². The second kappa shape index (κ2) is 3.89. The summed E-state index contributed by atoms with van der Waals surface area (Å²) in [6.45, 7) is 0.487. The minimum atomic E-state index is -0.928. The lowest BCUT2D eigenvalue weighted by Crippen LogP contribution is -2.16. The molecule has 1 aliphatic carbocycles. The first-order chi connectivity index (χ1) is 8.25. The molecular formula is C13H13NO3. The Kier molecular flexibility index (Phi) is 2.37. The molecule has 1 saturated carbocycles. The first kappa shape index (κ1) is 10.4. The number of hydrogen-bond acceptors (Lipinski definition) is 3. The van der Waals surface area contributed by atoms with Crippen molar-refractivity contribution < 1.29 is 14.3 Å². The average molecular weight is 231 g/mol. The zero-order valence-electron chi connectivity index (χ0n) is 9.27. The zero-order valence-corrected chi connectivity index (χ0v) is 9.27. The van der Waals surface area contributed by atoms with Crippen molar-refractivity contribution in [2.24, 2.45) is 0 Å². The van der Waals surface area contributed by atoms with E-state index in [2.05, 4.69) is 5.32 Å². The summed E-state index contributed by atoms with van der Waals surface area (Å²) in [5.41, 5.74) is 0.922. The number of carboxylic acid groups (broad SMARTS) is 1. The Balaban J connectivity index is 2.01. The van der Waals surface area contributed by atoms with Gasteiger partial charge in [0.25, 0.3) is 0 Å². The molecule has 0 unspecified atom stereocenters. The van der Waals surface area contributed by atoms with Gasteiger partial charge in [-0.3, -0.25) is 0 Å². The van der Waals surface area contributed by atoms with Gasteiger partial charge in [0.2, 0.25) is 0 Å². The van der Waals surface area contributed by atoms with E-state index in [-0.39, 0.29) is 5.56 Å². The Bertz CT molecular complexity index is 569. The van der Waals surface area contributed by atoms with Crippen LogP contribution in [0.15, 0.2) is 28.7 Å². The van der Waals surface area contributed by atoms with Crippen LogP contribution in [0.3, 0.4) is 0 Å². The topological polar surface area (TPSA) is 62.5 Å². The lowest BCUT2D eigenvalue weighted by atomic mass is 10.1. The maximum atomic E-state index is 11.3. The van der Waals surface area contributed by atoms with Crippen molar-refractivity contribution >= 4 is 16.9 Å². The molecule has 2 N–H and O–H groups in total. The molecule has 4 nitrogen and oxygen atoms in total. The fourth-order valence-electron chi connectivity index (χ4n) is 1.98. The largest absolute Gasteiger partial charge is 0.478 e. The predicted octanol–water partition coefficient (Wildman–Crippen LogP) is 2.38. The van der Waals surface area contributed by atoms with Crippen LogP contribution in [0.5, 0.6) is 0 Å². The van der Waals surface area contributed by atoms with Gasteiger partial charge in [-0.15, -0.1) is 0 Å². The lowest BCUT2D eigenvalue weighted by molar-refractivity contribution is 0.0696. The Hall–Kier alpha value is -1.81. The summed E-state index contributed by atoms with van der Waals surface area (Å²) in [5, 5.41) is 13.2. The van der Waals surface area contributed by atoms with Crippen LogP contribution in [-0.4, -0.2) is 17.1 Å². The molecule has 1 aromatic heterocycles. The number of carboxylic acids is 1. The van der Waals surface area contributed by atoms with Gasteiger partial charge in [0, 0.05) is 11.4 Å². The Labute approximate surface area is 98.2 Å². The molecule has 0 aliphatic heterocycles. The highest BCUT2D eigenvalue weighted by molar-refractivity contribution is 6.03. The van der Waals surface area contributed by atoms with Crippen molar-refractivity contribution in [3.8, 4) is 0 Å². The molecule has 1 heterocycles. The number of carbonyl (C=O) groups is 1. The van der Waals surface area contributed by atoms with E-state index in [9.17, 15) is 9.90 Å². The number of aromatic carboxylic acids is 1. The van der Waals surface area contributed by atoms with Crippen molar-refractivity contribution in [3.63, 3.8) is 0 Å². The van der Waals surface area contributed by atoms with Crippen molar-refractivity contribution in [1.82, 2.24) is 5.32 Å². The summed E-state index contributed by atoms with van der Waals surface area (Å²) in [4.78, 5) is 11.3. The summed E-state index contributed by atoms with van der Waals surface area (Å²) >= 11 is 0. The summed E-state index contributed by atoms with van der Waals surface area (Å²) in [6.07, 6.45) is 2.34. The molecule has 88 valence electrons. The zero-order chi connectivity index (χ0) is 11.8. The first-order valence-corrected chi connectivity index (χ1v) is 5.73. The van der Waals surface area contributed by atoms with Crippen molar-refractivity contribution in [3.05, 3.63) is 35.6 Å². The molecule has 4 heteroatoms. The highest BCUT2D eigenvalue weighted by Gasteiger charge is 2.24. The minimum Gasteiger partial charge on any atom is -0.478 e. The van der Waals surface area contributed by atoms with E-state index in [0.29, 0.717) is 29.3 Å². The highest BCUT2D eigenvalue weighted by Crippen LogP contribution is 2.27. The lowest BCUT2D eigenvalue weighted by Gasteiger charge is -2.00. The van der Waals surface area contributed by atoms with Gasteiger partial charge in [0.15, 0.2) is 0 Å². The van der Waals surface area contributed by atoms with Crippen LogP contribution in [0.25, 0.3) is 11.0 Å². The van der Waals surface area contributed by atoms with Crippen molar-refractivity contribution in [2.75, 3.05) is 0 Å². The molecule has 17 heavy (non-hydrogen) atoms. The van der Waals surface area contributed by atoms with Gasteiger partial charge >= 0.3 is 5.97 Å². The van der Waals surface area contributed by atoms with Crippen molar-refractivity contribution in [2.45, 2.75) is 25.4 Å². The average Bonchev–Trinajstić information content (AvgIpc) is 3.05. The van der Waals surface area contributed by atoms with Crippen LogP contribution in [0, 0.1) is 0 Å². The van der Waals surface area contributed by atoms with Gasteiger partial charge in [-0.2, -0.15) is 0 Å². The van der Waals surface area contributed by atoms with E-state index in [1.165, 1.54) is 12.8 Å². The van der Waals surface area contributed by atoms with Gasteiger partial charge < -0.3 is 14.8 Å². The predicted molar refractivity (Wildman–Crippen MR) is 63.0 cm³/mol. The minimum absolute atomic E-state index is 0.286. The van der Waals surface area contributed by atoms with E-state index < -0.39 is 5.97 Å². The SMILES string of the molecule is O=C(O)c1c(CNC2CC2)oc2ccccc12. The van der Waals surface area contributed by atoms with Gasteiger partial charge in [-0.1, -0.05) is 18.2 Å². The van der Waals surface area contributed by atoms with Gasteiger partial charge in [0.05, 0.1) is 6.54 Å². The van der Waals surface area contributed by atoms with Crippen LogP contribution in [0.2, 0.25) is 0 Å². The van der Waals surface area contributed by atoms with Gasteiger partial charge in [-0.05, 0) is 18.9 Å². The van der Waals surface area contributed by atoms with Gasteiger partial charge in [0.1, 0.15) is 16.9 Å². The maximum absolute atomic E-state index is 11.3. The van der Waals surface area contributed by atoms with E-state index in [0.717, 1.165) is 0 Å². The summed E-state index contributed by atoms with van der Waals surface area (Å²) < 4.78 is 5.60. The molecule has 0 spiro atoms. The molecule has 3 rings (SSSR count). The third-order valence-corrected chi connectivity index (χ3v) is 3.01. The molecule has 0 bridgehead atoms. The molecule has 0 atom stereocenters. The number of hydrogen-bond donors (Lipinski definition) is 2. The van der Waals surface area contributed by atoms with E-state index in [1.807, 2.05) is 12.1 Å². The summed E-state index contributed by atoms with van der Waals surface area (Å²) in [7, 11) is 0. The standard InChI is InChI=1S/C13H13NO3/c15-13(16)12-9-3-1-2-4-10(9)17-11(12)7-14-8-5-6-8/h1-4,8,14H,5-7H2,(H,15,16). The molecule has 1 fully saturated rings. The second-order valence-electron chi connectivity index (χ2n) is 4.36. The Morgan fingerprint density at radius 3 is 2.88 bits per heavy atom. The fraction of sp³-hybridized carbons (Fsp3) is 0.308. The number of rotatable bonds is 4. The molecule has 2 aromatic rings. The molecule has 1 aliphatic rings. The van der Waals surface area contributed by atoms with Gasteiger partial charge in [-0.25, -0.2) is 4.79 Å². The molecule has 1 aromatic carbocycles. The maximum Gasteiger partial charge on any atom is 0.339 e. The number of fused-ring (bicyclic) bond motifs is 1. The van der Waals surface area contributed by atoms with Crippen molar-refractivity contribution in [1.29, 1.82) is 0 Å². The van der Waals surface area contributed by atoms with E-state index >= 15 is 0 Å². The smallest absolute Gasteiger partial charge is 0.339 e. The summed E-state index contributed by atoms with van der Waals surface area (Å²) in [6, 6.07) is 7.77. The molecule has 0 saturated heterocycles. The van der Waals surface area contributed by atoms with E-state index in [1.54, 1.807) is 12.1 Å². The third kappa shape index (κ3) is 1.91. The Morgan fingerprint density at radius 1 is 1.41 bits per heavy atom. The quantitative estimate of drug-likeness (QED) is 0.848. The Morgan fingerprint density at radius 2 is 2.18 bits per heavy atom. The molecular weight excluding hydrogens is 218 g/mol. The van der Waals surface area contributed by atoms with Crippen LogP contribution in [0.4, 0.5) is 0 Å².